The number of benzene rings is 3. The second kappa shape index (κ2) is 8.25. The Bertz CT molecular complexity index is 1410. The summed E-state index contributed by atoms with van der Waals surface area (Å²) in [7, 11) is 0. The standard InChI is InChI=1S/C25H17N3O4S/c29-23-18(15-5-3-6-16(13-15)25(31)32)8-4-9-20(23)26-27-22-19-7-1-2-10-21(19)28(24(22)30)17-11-12-33-14-17/h1-14,26,29H,(H,31,32). The van der Waals surface area contributed by atoms with Gasteiger partial charge in [-0.15, -0.1) is 0 Å². The third kappa shape index (κ3) is 3.62. The van der Waals surface area contributed by atoms with Gasteiger partial charge in [-0.2, -0.15) is 16.4 Å². The molecular weight excluding hydrogens is 438 g/mol. The Hall–Kier alpha value is -4.43. The zero-order chi connectivity index (χ0) is 22.9. The maximum Gasteiger partial charge on any atom is 0.335 e. The van der Waals surface area contributed by atoms with Crippen LogP contribution < -0.4 is 10.3 Å². The fourth-order valence-electron chi connectivity index (χ4n) is 3.75. The normalized spacial score (nSPS) is 13.9. The topological polar surface area (TPSA) is 102 Å². The Morgan fingerprint density at radius 3 is 2.55 bits per heavy atom. The molecule has 0 radical (unpaired) electrons. The van der Waals surface area contributed by atoms with E-state index >= 15 is 0 Å². The highest BCUT2D eigenvalue weighted by Gasteiger charge is 2.35. The summed E-state index contributed by atoms with van der Waals surface area (Å²) in [5, 5.41) is 28.2. The van der Waals surface area contributed by atoms with Gasteiger partial charge in [-0.05, 0) is 41.3 Å². The zero-order valence-corrected chi connectivity index (χ0v) is 17.9. The molecule has 0 unspecified atom stereocenters. The molecular formula is C25H17N3O4S. The Kier molecular flexibility index (Phi) is 5.12. The van der Waals surface area contributed by atoms with E-state index in [0.29, 0.717) is 22.4 Å². The summed E-state index contributed by atoms with van der Waals surface area (Å²) in [6.45, 7) is 0. The number of nitrogens with zero attached hydrogens (tertiary/aromatic N) is 2. The summed E-state index contributed by atoms with van der Waals surface area (Å²) in [5.74, 6) is -1.42. The van der Waals surface area contributed by atoms with Crippen LogP contribution in [-0.2, 0) is 4.79 Å². The maximum absolute atomic E-state index is 13.2. The Morgan fingerprint density at radius 1 is 0.970 bits per heavy atom. The van der Waals surface area contributed by atoms with Gasteiger partial charge in [0.15, 0.2) is 5.71 Å². The van der Waals surface area contributed by atoms with Crippen LogP contribution in [0, 0.1) is 0 Å². The molecule has 1 amide bonds. The molecule has 33 heavy (non-hydrogen) atoms. The van der Waals surface area contributed by atoms with Gasteiger partial charge in [0, 0.05) is 16.5 Å². The van der Waals surface area contributed by atoms with Crippen molar-refractivity contribution in [2.45, 2.75) is 0 Å². The molecule has 3 aromatic carbocycles. The predicted molar refractivity (Wildman–Crippen MR) is 129 cm³/mol. The van der Waals surface area contributed by atoms with Gasteiger partial charge >= 0.3 is 5.97 Å². The van der Waals surface area contributed by atoms with E-state index < -0.39 is 5.97 Å². The predicted octanol–water partition coefficient (Wildman–Crippen LogP) is 5.31. The van der Waals surface area contributed by atoms with E-state index in [0.717, 1.165) is 11.4 Å². The second-order valence-electron chi connectivity index (χ2n) is 7.30. The lowest BCUT2D eigenvalue weighted by Gasteiger charge is -2.14. The van der Waals surface area contributed by atoms with Gasteiger partial charge in [-0.1, -0.05) is 42.5 Å². The Morgan fingerprint density at radius 2 is 1.76 bits per heavy atom. The average molecular weight is 455 g/mol. The maximum atomic E-state index is 13.2. The van der Waals surface area contributed by atoms with Crippen LogP contribution in [0.1, 0.15) is 15.9 Å². The lowest BCUT2D eigenvalue weighted by atomic mass is 10.0. The summed E-state index contributed by atoms with van der Waals surface area (Å²) < 4.78 is 0. The van der Waals surface area contributed by atoms with Crippen molar-refractivity contribution in [2.75, 3.05) is 10.3 Å². The molecule has 0 aliphatic carbocycles. The lowest BCUT2D eigenvalue weighted by molar-refractivity contribution is -0.111. The van der Waals surface area contributed by atoms with Gasteiger partial charge < -0.3 is 10.2 Å². The summed E-state index contributed by atoms with van der Waals surface area (Å²) in [5.41, 5.74) is 6.65. The number of fused-ring (bicyclic) bond motifs is 1. The molecule has 8 heteroatoms. The number of amides is 1. The summed E-state index contributed by atoms with van der Waals surface area (Å²) in [6, 6.07) is 20.6. The van der Waals surface area contributed by atoms with Gasteiger partial charge in [-0.25, -0.2) is 4.79 Å². The number of rotatable bonds is 5. The number of phenols is 1. The second-order valence-corrected chi connectivity index (χ2v) is 8.08. The molecule has 7 nitrogen and oxygen atoms in total. The van der Waals surface area contributed by atoms with Crippen molar-refractivity contribution >= 4 is 46.0 Å². The molecule has 0 spiro atoms. The van der Waals surface area contributed by atoms with E-state index in [1.54, 1.807) is 35.2 Å². The number of anilines is 3. The van der Waals surface area contributed by atoms with Gasteiger partial charge in [-0.3, -0.25) is 15.1 Å². The number of carboxylic acid groups (broad SMARTS) is 1. The van der Waals surface area contributed by atoms with Gasteiger partial charge in [0.1, 0.15) is 5.75 Å². The van der Waals surface area contributed by atoms with Crippen molar-refractivity contribution in [2.24, 2.45) is 5.10 Å². The average Bonchev–Trinajstić information content (AvgIpc) is 3.44. The minimum absolute atomic E-state index is 0.0992. The fraction of sp³-hybridized carbons (Fsp3) is 0. The highest BCUT2D eigenvalue weighted by Crippen LogP contribution is 2.38. The van der Waals surface area contributed by atoms with Crippen LogP contribution in [0.25, 0.3) is 11.1 Å². The molecule has 162 valence electrons. The van der Waals surface area contributed by atoms with Crippen molar-refractivity contribution in [3.05, 3.63) is 94.7 Å². The van der Waals surface area contributed by atoms with Crippen LogP contribution in [0.15, 0.2) is 88.7 Å². The quantitative estimate of drug-likeness (QED) is 0.279. The van der Waals surface area contributed by atoms with Crippen LogP contribution in [0.4, 0.5) is 17.1 Å². The van der Waals surface area contributed by atoms with E-state index in [1.807, 2.05) is 41.1 Å². The van der Waals surface area contributed by atoms with Crippen molar-refractivity contribution < 1.29 is 19.8 Å². The van der Waals surface area contributed by atoms with Crippen LogP contribution in [0.3, 0.4) is 0 Å². The molecule has 1 aliphatic heterocycles. The van der Waals surface area contributed by atoms with Gasteiger partial charge in [0.2, 0.25) is 0 Å². The van der Waals surface area contributed by atoms with Gasteiger partial charge in [0.25, 0.3) is 5.91 Å². The molecule has 5 rings (SSSR count). The van der Waals surface area contributed by atoms with E-state index in [2.05, 4.69) is 10.5 Å². The fourth-order valence-corrected chi connectivity index (χ4v) is 4.37. The van der Waals surface area contributed by atoms with Gasteiger partial charge in [0.05, 0.1) is 22.6 Å². The SMILES string of the molecule is O=C(O)c1cccc(-c2cccc(NN=C3C(=O)N(c4ccsc4)c4ccccc43)c2O)c1. The molecule has 3 N–H and O–H groups in total. The van der Waals surface area contributed by atoms with Crippen molar-refractivity contribution in [3.8, 4) is 16.9 Å². The largest absolute Gasteiger partial charge is 0.505 e. The number of carbonyl (C=O) groups excluding carboxylic acids is 1. The molecule has 1 aliphatic rings. The first kappa shape index (κ1) is 20.5. The first-order valence-corrected chi connectivity index (χ1v) is 10.9. The first-order valence-electron chi connectivity index (χ1n) is 10.00. The van der Waals surface area contributed by atoms with Crippen LogP contribution in [0.5, 0.6) is 5.75 Å². The van der Waals surface area contributed by atoms with Crippen LogP contribution in [0.2, 0.25) is 0 Å². The number of hydrogen-bond acceptors (Lipinski definition) is 6. The molecule has 1 aromatic heterocycles. The molecule has 0 bridgehead atoms. The summed E-state index contributed by atoms with van der Waals surface area (Å²) in [6.07, 6.45) is 0. The summed E-state index contributed by atoms with van der Waals surface area (Å²) >= 11 is 1.50. The number of hydrogen-bond donors (Lipinski definition) is 3. The minimum atomic E-state index is -1.05. The van der Waals surface area contributed by atoms with E-state index in [9.17, 15) is 19.8 Å². The first-order chi connectivity index (χ1) is 16.0. The smallest absolute Gasteiger partial charge is 0.335 e. The van der Waals surface area contributed by atoms with Crippen molar-refractivity contribution in [1.82, 2.24) is 0 Å². The third-order valence-electron chi connectivity index (χ3n) is 5.31. The number of aromatic carboxylic acids is 1. The number of carboxylic acids is 1. The zero-order valence-electron chi connectivity index (χ0n) is 17.1. The van der Waals surface area contributed by atoms with E-state index in [1.165, 1.54) is 23.5 Å². The number of carbonyl (C=O) groups is 2. The number of para-hydroxylation sites is 2. The van der Waals surface area contributed by atoms with E-state index in [4.69, 9.17) is 0 Å². The molecule has 0 saturated heterocycles. The number of phenolic OH excluding ortho intramolecular Hbond substituents is 1. The number of hydrazone groups is 1. The molecule has 0 atom stereocenters. The molecule has 0 fully saturated rings. The third-order valence-corrected chi connectivity index (χ3v) is 5.99. The number of nitrogens with one attached hydrogen (secondary N) is 1. The number of aromatic hydroxyl groups is 1. The van der Waals surface area contributed by atoms with Crippen molar-refractivity contribution in [3.63, 3.8) is 0 Å². The lowest BCUT2D eigenvalue weighted by Crippen LogP contribution is -2.25. The Labute approximate surface area is 192 Å². The van der Waals surface area contributed by atoms with Crippen LogP contribution >= 0.6 is 11.3 Å². The Balaban J connectivity index is 1.50. The highest BCUT2D eigenvalue weighted by molar-refractivity contribution is 7.08. The van der Waals surface area contributed by atoms with Crippen LogP contribution in [-0.4, -0.2) is 27.8 Å². The monoisotopic (exact) mass is 455 g/mol. The molecule has 4 aromatic rings. The van der Waals surface area contributed by atoms with Crippen molar-refractivity contribution in [1.29, 1.82) is 0 Å². The minimum Gasteiger partial charge on any atom is -0.505 e. The highest BCUT2D eigenvalue weighted by atomic mass is 32.1. The number of thiophene rings is 1. The molecule has 0 saturated carbocycles. The molecule has 2 heterocycles. The van der Waals surface area contributed by atoms with E-state index in [-0.39, 0.29) is 22.9 Å². The summed E-state index contributed by atoms with van der Waals surface area (Å²) in [4.78, 5) is 26.1.